The zero-order valence-electron chi connectivity index (χ0n) is 33.9. The van der Waals surface area contributed by atoms with Crippen LogP contribution in [0.4, 0.5) is 64.1 Å². The summed E-state index contributed by atoms with van der Waals surface area (Å²) in [6.07, 6.45) is 0. The number of Topliss-reactive ketones (excluding diaryl/α,β-unsaturated/α-hetero) is 2. The molecular formula is C38H16Cl2F12N16O2. The van der Waals surface area contributed by atoms with Crippen LogP contribution in [0.5, 0.6) is 0 Å². The molecule has 0 bridgehead atoms. The number of rotatable bonds is 8. The Labute approximate surface area is 389 Å². The lowest BCUT2D eigenvalue weighted by molar-refractivity contribution is -0.118. The number of benzene rings is 3. The van der Waals surface area contributed by atoms with Gasteiger partial charge in [0.1, 0.15) is 27.9 Å². The monoisotopic (exact) mass is 1030 g/mol. The van der Waals surface area contributed by atoms with Crippen LogP contribution >= 0.6 is 23.2 Å². The minimum absolute atomic E-state index is 0.153. The van der Waals surface area contributed by atoms with Gasteiger partial charge in [-0.3, -0.25) is 19.3 Å². The number of fused-ring (bicyclic) bond motifs is 2. The van der Waals surface area contributed by atoms with Gasteiger partial charge >= 0.3 is 12.1 Å². The van der Waals surface area contributed by atoms with Gasteiger partial charge in [0.2, 0.25) is 28.0 Å². The number of nitriles is 2. The average molecular weight is 1030 g/mol. The van der Waals surface area contributed by atoms with Crippen LogP contribution in [-0.4, -0.2) is 61.4 Å². The minimum atomic E-state index is -2.14. The fourth-order valence-electron chi connectivity index (χ4n) is 5.57. The van der Waals surface area contributed by atoms with E-state index in [9.17, 15) is 67.5 Å². The molecule has 4 heterocycles. The van der Waals surface area contributed by atoms with Crippen molar-refractivity contribution < 1.29 is 62.3 Å². The maximum Gasteiger partial charge on any atom is 0.339 e. The van der Waals surface area contributed by atoms with Crippen molar-refractivity contribution in [1.82, 2.24) is 49.8 Å². The van der Waals surface area contributed by atoms with Gasteiger partial charge in [-0.05, 0) is 30.1 Å². The van der Waals surface area contributed by atoms with Crippen molar-refractivity contribution in [1.29, 1.82) is 10.5 Å². The largest absolute Gasteiger partial charge is 0.394 e. The number of ketones is 2. The Bertz CT molecular complexity index is 3120. The van der Waals surface area contributed by atoms with Crippen LogP contribution in [0.25, 0.3) is 31.8 Å². The molecule has 18 nitrogen and oxygen atoms in total. The molecule has 0 radical (unpaired) electrons. The number of nitrogen functional groups attached to an aromatic ring is 2. The summed E-state index contributed by atoms with van der Waals surface area (Å²) in [7, 11) is 0. The van der Waals surface area contributed by atoms with Crippen molar-refractivity contribution in [3.8, 4) is 12.1 Å². The molecule has 0 aliphatic heterocycles. The van der Waals surface area contributed by atoms with Gasteiger partial charge in [0.15, 0.2) is 105 Å². The van der Waals surface area contributed by atoms with Gasteiger partial charge in [-0.2, -0.15) is 20.5 Å². The molecule has 7 rings (SSSR count). The van der Waals surface area contributed by atoms with E-state index in [2.05, 4.69) is 59.5 Å². The van der Waals surface area contributed by atoms with E-state index in [0.29, 0.717) is 0 Å². The lowest BCUT2D eigenvalue weighted by Crippen LogP contribution is -2.16. The van der Waals surface area contributed by atoms with Crippen LogP contribution in [0.15, 0.2) is 0 Å². The number of imidazole rings is 2. The van der Waals surface area contributed by atoms with E-state index in [1.807, 2.05) is 0 Å². The first-order chi connectivity index (χ1) is 32.8. The summed E-state index contributed by atoms with van der Waals surface area (Å²) in [5.41, 5.74) is 3.99. The van der Waals surface area contributed by atoms with E-state index in [1.54, 1.807) is 12.1 Å². The molecule has 70 heavy (non-hydrogen) atoms. The van der Waals surface area contributed by atoms with Crippen molar-refractivity contribution in [3.05, 3.63) is 138 Å². The number of carbonyl (C=O) groups excluding carboxylic acids is 2. The van der Waals surface area contributed by atoms with E-state index in [0.717, 1.165) is 0 Å². The van der Waals surface area contributed by atoms with Gasteiger partial charge in [0.05, 0.1) is 23.5 Å². The number of nitrogens with zero attached hydrogens (tertiary/aromatic N) is 12. The number of H-pyrrole nitrogens is 2. The number of hydrogen-bond donors (Lipinski definition) is 4. The zero-order valence-corrected chi connectivity index (χ0v) is 35.5. The Morgan fingerprint density at radius 1 is 0.529 bits per heavy atom. The standard InChI is InChI=1S/C21H4ClF8N9.C11H8ClN5O2.C6H4F4N2/c1-32-16(19-35-14-10(29)6(25)7(26)11(30)15(14)36-19)20-37-18(38-21(22)39-20)3(2-31)17-33-12-8(27)4(23)5(24)9(28)13(12)34-17;1-5(18)7(4-13)9-15-10(17-11(12)16-9)8(14-3)6(2)19;7-1-2(8)4(10)6(12)5(11)3(1)9/h3,16H,(H,33,34)(H,35,36);7-8H,1-2H3;11-12H2. The van der Waals surface area contributed by atoms with E-state index in [1.165, 1.54) is 13.8 Å². The highest BCUT2D eigenvalue weighted by Gasteiger charge is 2.34. The maximum absolute atomic E-state index is 14.1. The van der Waals surface area contributed by atoms with E-state index < -0.39 is 167 Å². The third kappa shape index (κ3) is 9.80. The SMILES string of the molecule is Nc1c(N)c(F)c(F)c(F)c1F.[C-]#[N+]C(C(C)=O)c1nc(Cl)nc(C(C#N)C(C)=O)n1.[C-]#[N+]C(c1nc(Cl)nc(C(C#N)c2nc3c(F)c(F)c(F)c(F)c3[nH]2)n1)c1nc2c(F)c(F)c(F)c(F)c2[nH]1. The first kappa shape index (κ1) is 52.2. The Morgan fingerprint density at radius 2 is 0.929 bits per heavy atom. The van der Waals surface area contributed by atoms with Crippen molar-refractivity contribution >= 4 is 68.2 Å². The Hall–Kier alpha value is -8.74. The molecule has 0 fully saturated rings. The first-order valence-electron chi connectivity index (χ1n) is 18.0. The van der Waals surface area contributed by atoms with Gasteiger partial charge < -0.3 is 21.4 Å². The fraction of sp³-hybridized carbons (Fsp3) is 0.158. The molecule has 0 saturated carbocycles. The number of aromatic amines is 2. The number of anilines is 2. The maximum atomic E-state index is 14.1. The number of hydrogen-bond acceptors (Lipinski definition) is 14. The summed E-state index contributed by atoms with van der Waals surface area (Å²) in [5, 5.41) is 17.7. The number of nitrogens with one attached hydrogen (secondary N) is 2. The Balaban J connectivity index is 0.000000243. The Kier molecular flexibility index (Phi) is 15.4. The molecule has 3 aromatic carbocycles. The second kappa shape index (κ2) is 20.6. The van der Waals surface area contributed by atoms with Crippen molar-refractivity contribution in [2.75, 3.05) is 11.5 Å². The average Bonchev–Trinajstić information content (AvgIpc) is 3.97. The quantitative estimate of drug-likeness (QED) is 0.0373. The van der Waals surface area contributed by atoms with Crippen LogP contribution in [0.2, 0.25) is 10.6 Å². The molecule has 0 spiro atoms. The summed E-state index contributed by atoms with van der Waals surface area (Å²) < 4.78 is 161. The lowest BCUT2D eigenvalue weighted by Gasteiger charge is -2.08. The van der Waals surface area contributed by atoms with Crippen LogP contribution < -0.4 is 11.5 Å². The number of aromatic nitrogens is 10. The van der Waals surface area contributed by atoms with E-state index in [-0.39, 0.29) is 16.9 Å². The molecular weight excluding hydrogens is 1010 g/mol. The smallest absolute Gasteiger partial charge is 0.339 e. The van der Waals surface area contributed by atoms with Crippen LogP contribution in [0.1, 0.15) is 72.7 Å². The lowest BCUT2D eigenvalue weighted by atomic mass is 10.1. The number of carbonyl (C=O) groups is 2. The Morgan fingerprint density at radius 3 is 1.36 bits per heavy atom. The highest BCUT2D eigenvalue weighted by molar-refractivity contribution is 6.28. The predicted molar refractivity (Wildman–Crippen MR) is 212 cm³/mol. The molecule has 7 aromatic rings. The van der Waals surface area contributed by atoms with Crippen LogP contribution in [0.3, 0.4) is 0 Å². The van der Waals surface area contributed by atoms with Crippen LogP contribution in [0, 0.1) is 106 Å². The second-order valence-corrected chi connectivity index (χ2v) is 14.0. The molecule has 0 saturated heterocycles. The van der Waals surface area contributed by atoms with E-state index in [4.69, 9.17) is 53.1 Å². The zero-order chi connectivity index (χ0) is 52.4. The van der Waals surface area contributed by atoms with Gasteiger partial charge in [-0.15, -0.1) is 0 Å². The first-order valence-corrected chi connectivity index (χ1v) is 18.8. The van der Waals surface area contributed by atoms with Gasteiger partial charge in [0.25, 0.3) is 0 Å². The topological polar surface area (TPSA) is 277 Å². The molecule has 0 aliphatic rings. The highest BCUT2D eigenvalue weighted by atomic mass is 35.5. The minimum Gasteiger partial charge on any atom is -0.394 e. The molecule has 4 atom stereocenters. The van der Waals surface area contributed by atoms with Crippen LogP contribution in [-0.2, 0) is 9.59 Å². The third-order valence-corrected chi connectivity index (χ3v) is 9.27. The summed E-state index contributed by atoms with van der Waals surface area (Å²) in [6, 6.07) is 0.406. The normalized spacial score (nSPS) is 12.5. The molecule has 0 aliphatic carbocycles. The fourth-order valence-corrected chi connectivity index (χ4v) is 5.92. The molecule has 358 valence electrons. The van der Waals surface area contributed by atoms with Gasteiger partial charge in [-0.25, -0.2) is 95.7 Å². The van der Waals surface area contributed by atoms with Crippen molar-refractivity contribution in [3.63, 3.8) is 0 Å². The van der Waals surface area contributed by atoms with Crippen molar-refractivity contribution in [2.45, 2.75) is 37.8 Å². The molecule has 4 aromatic heterocycles. The molecule has 6 N–H and O–H groups in total. The number of nitrogens with two attached hydrogens (primary N) is 2. The van der Waals surface area contributed by atoms with Crippen molar-refractivity contribution in [2.24, 2.45) is 0 Å². The molecule has 32 heteroatoms. The molecule has 4 unspecified atom stereocenters. The molecule has 0 amide bonds. The second-order valence-electron chi connectivity index (χ2n) is 13.3. The summed E-state index contributed by atoms with van der Waals surface area (Å²) in [4.78, 5) is 62.8. The summed E-state index contributed by atoms with van der Waals surface area (Å²) >= 11 is 11.6. The summed E-state index contributed by atoms with van der Waals surface area (Å²) in [5.74, 6) is -29.6. The van der Waals surface area contributed by atoms with E-state index >= 15 is 0 Å². The van der Waals surface area contributed by atoms with Gasteiger partial charge in [-0.1, -0.05) is 0 Å². The predicted octanol–water partition coefficient (Wildman–Crippen LogP) is 7.73. The third-order valence-electron chi connectivity index (χ3n) is 8.93. The highest BCUT2D eigenvalue weighted by Crippen LogP contribution is 2.33. The summed E-state index contributed by atoms with van der Waals surface area (Å²) in [6.45, 7) is 16.8. The number of halogens is 14. The van der Waals surface area contributed by atoms with Gasteiger partial charge in [0, 0.05) is 6.92 Å².